The second-order valence-corrected chi connectivity index (χ2v) is 23.8. The third-order valence-corrected chi connectivity index (χ3v) is 15.8. The van der Waals surface area contributed by atoms with E-state index in [0.29, 0.717) is 19.3 Å². The maximum absolute atomic E-state index is 12.9. The molecule has 0 bridgehead atoms. The molecule has 0 saturated carbocycles. The summed E-state index contributed by atoms with van der Waals surface area (Å²) in [6.45, 7) is 6.57. The van der Waals surface area contributed by atoms with Crippen molar-refractivity contribution in [2.45, 2.75) is 380 Å². The third kappa shape index (κ3) is 65.9. The van der Waals surface area contributed by atoms with Crippen LogP contribution < -0.4 is 0 Å². The van der Waals surface area contributed by atoms with Crippen molar-refractivity contribution in [1.29, 1.82) is 0 Å². The van der Waals surface area contributed by atoms with E-state index in [9.17, 15) is 14.4 Å². The van der Waals surface area contributed by atoms with Crippen molar-refractivity contribution in [2.75, 3.05) is 13.2 Å². The highest BCUT2D eigenvalue weighted by molar-refractivity contribution is 5.71. The summed E-state index contributed by atoms with van der Waals surface area (Å²) in [7, 11) is 0. The average Bonchev–Trinajstić information content (AvgIpc) is 3.46. The molecule has 0 saturated heterocycles. The number of hydrogen-bond donors (Lipinski definition) is 0. The van der Waals surface area contributed by atoms with Crippen molar-refractivity contribution in [1.82, 2.24) is 0 Å². The van der Waals surface area contributed by atoms with Gasteiger partial charge in [0.1, 0.15) is 13.2 Å². The van der Waals surface area contributed by atoms with Gasteiger partial charge >= 0.3 is 17.9 Å². The molecular formula is C74H134O6. The lowest BCUT2D eigenvalue weighted by Gasteiger charge is -2.18. The fourth-order valence-electron chi connectivity index (χ4n) is 10.5. The van der Waals surface area contributed by atoms with Crippen molar-refractivity contribution in [2.24, 2.45) is 0 Å². The SMILES string of the molecule is CC/C=C\C/C=C\C/C=C\C/C=C\CCCCCCCCCCCCCCCCCCCCCCC(=O)OCC(COC(=O)CCCCCCCCCCCCCCCC)OC(=O)CCCCCCC/C=C\CCCCCCCC. The van der Waals surface area contributed by atoms with Gasteiger partial charge in [-0.1, -0.05) is 332 Å². The summed E-state index contributed by atoms with van der Waals surface area (Å²) in [5.74, 6) is -0.854. The van der Waals surface area contributed by atoms with E-state index in [0.717, 1.165) is 89.9 Å². The number of rotatable bonds is 65. The predicted octanol–water partition coefficient (Wildman–Crippen LogP) is 24.3. The standard InChI is InChI=1S/C74H134O6/c1-4-7-10-13-16-19-22-25-28-29-30-31-32-33-34-35-36-37-38-39-40-41-42-43-44-45-47-49-52-55-58-61-64-67-73(76)79-70-71(69-78-72(75)66-63-60-57-54-51-48-27-24-21-18-15-12-9-6-3)80-74(77)68-65-62-59-56-53-50-46-26-23-20-17-14-11-8-5-2/h7,10,16,19,25-26,28,30-31,46,71H,4-6,8-9,11-15,17-18,20-24,27,29,32-45,47-70H2,1-3H3/b10-7-,19-16-,28-25-,31-30-,46-26-. The molecule has 0 aromatic heterocycles. The summed E-state index contributed by atoms with van der Waals surface area (Å²) < 4.78 is 17.0. The van der Waals surface area contributed by atoms with E-state index in [4.69, 9.17) is 14.2 Å². The zero-order valence-corrected chi connectivity index (χ0v) is 53.6. The van der Waals surface area contributed by atoms with Crippen LogP contribution in [0.1, 0.15) is 374 Å². The number of carbonyl (C=O) groups excluding carboxylic acids is 3. The van der Waals surface area contributed by atoms with Crippen LogP contribution in [0.15, 0.2) is 60.8 Å². The number of carbonyl (C=O) groups is 3. The Labute approximate surface area is 498 Å². The van der Waals surface area contributed by atoms with Crippen LogP contribution in [0.2, 0.25) is 0 Å². The largest absolute Gasteiger partial charge is 0.462 e. The van der Waals surface area contributed by atoms with Crippen molar-refractivity contribution < 1.29 is 28.6 Å². The number of unbranched alkanes of at least 4 members (excludes halogenated alkanes) is 44. The van der Waals surface area contributed by atoms with Gasteiger partial charge in [0.15, 0.2) is 6.10 Å². The number of esters is 3. The highest BCUT2D eigenvalue weighted by Gasteiger charge is 2.19. The van der Waals surface area contributed by atoms with Gasteiger partial charge in [0.25, 0.3) is 0 Å². The number of allylic oxidation sites excluding steroid dienone is 10. The Morgan fingerprint density at radius 1 is 0.263 bits per heavy atom. The molecule has 0 aromatic carbocycles. The molecule has 0 spiro atoms. The summed E-state index contributed by atoms with van der Waals surface area (Å²) in [6, 6.07) is 0. The van der Waals surface area contributed by atoms with Gasteiger partial charge in [-0.2, -0.15) is 0 Å². The zero-order chi connectivity index (χ0) is 57.8. The number of hydrogen-bond acceptors (Lipinski definition) is 6. The normalized spacial score (nSPS) is 12.4. The van der Waals surface area contributed by atoms with E-state index in [2.05, 4.69) is 81.5 Å². The molecule has 6 nitrogen and oxygen atoms in total. The molecule has 1 atom stereocenters. The van der Waals surface area contributed by atoms with Crippen LogP contribution in [0.5, 0.6) is 0 Å². The molecule has 1 unspecified atom stereocenters. The molecule has 0 heterocycles. The van der Waals surface area contributed by atoms with Crippen LogP contribution in [0, 0.1) is 0 Å². The Morgan fingerprint density at radius 2 is 0.487 bits per heavy atom. The molecule has 0 aliphatic carbocycles. The minimum Gasteiger partial charge on any atom is -0.462 e. The molecule has 0 N–H and O–H groups in total. The van der Waals surface area contributed by atoms with Crippen LogP contribution in [-0.2, 0) is 28.6 Å². The molecule has 0 rings (SSSR count). The fourth-order valence-corrected chi connectivity index (χ4v) is 10.5. The molecule has 0 amide bonds. The van der Waals surface area contributed by atoms with Gasteiger partial charge in [-0.05, 0) is 83.5 Å². The van der Waals surface area contributed by atoms with E-state index >= 15 is 0 Å². The lowest BCUT2D eigenvalue weighted by atomic mass is 10.0. The highest BCUT2D eigenvalue weighted by Crippen LogP contribution is 2.18. The van der Waals surface area contributed by atoms with Crippen molar-refractivity contribution in [3.05, 3.63) is 60.8 Å². The van der Waals surface area contributed by atoms with Crippen LogP contribution in [-0.4, -0.2) is 37.2 Å². The van der Waals surface area contributed by atoms with Gasteiger partial charge in [0.05, 0.1) is 0 Å². The number of ether oxygens (including phenoxy) is 3. The minimum atomic E-state index is -0.774. The fraction of sp³-hybridized carbons (Fsp3) is 0.824. The Hall–Kier alpha value is -2.89. The second-order valence-electron chi connectivity index (χ2n) is 23.8. The van der Waals surface area contributed by atoms with E-state index in [-0.39, 0.29) is 31.1 Å². The first-order valence-electron chi connectivity index (χ1n) is 35.3. The monoisotopic (exact) mass is 1120 g/mol. The van der Waals surface area contributed by atoms with Gasteiger partial charge in [-0.25, -0.2) is 0 Å². The Morgan fingerprint density at radius 3 is 0.775 bits per heavy atom. The maximum atomic E-state index is 12.9. The second kappa shape index (κ2) is 68.6. The van der Waals surface area contributed by atoms with Gasteiger partial charge in [0.2, 0.25) is 0 Å². The molecule has 466 valence electrons. The molecular weight excluding hydrogens is 985 g/mol. The van der Waals surface area contributed by atoms with Crippen LogP contribution >= 0.6 is 0 Å². The summed E-state index contributed by atoms with van der Waals surface area (Å²) in [6.07, 6.45) is 88.3. The summed E-state index contributed by atoms with van der Waals surface area (Å²) in [5.41, 5.74) is 0. The molecule has 0 aliphatic heterocycles. The lowest BCUT2D eigenvalue weighted by Crippen LogP contribution is -2.30. The molecule has 0 radical (unpaired) electrons. The van der Waals surface area contributed by atoms with Gasteiger partial charge in [-0.15, -0.1) is 0 Å². The predicted molar refractivity (Wildman–Crippen MR) is 348 cm³/mol. The van der Waals surface area contributed by atoms with E-state index < -0.39 is 6.10 Å². The third-order valence-electron chi connectivity index (χ3n) is 15.8. The topological polar surface area (TPSA) is 78.9 Å². The molecule has 6 heteroatoms. The maximum Gasteiger partial charge on any atom is 0.306 e. The minimum absolute atomic E-state index is 0.0707. The van der Waals surface area contributed by atoms with Crippen molar-refractivity contribution >= 4 is 17.9 Å². The lowest BCUT2D eigenvalue weighted by molar-refractivity contribution is -0.167. The first-order chi connectivity index (χ1) is 39.5. The average molecular weight is 1120 g/mol. The van der Waals surface area contributed by atoms with Crippen molar-refractivity contribution in [3.8, 4) is 0 Å². The molecule has 0 aromatic rings. The first-order valence-corrected chi connectivity index (χ1v) is 35.3. The smallest absolute Gasteiger partial charge is 0.306 e. The van der Waals surface area contributed by atoms with Gasteiger partial charge in [-0.3, -0.25) is 14.4 Å². The van der Waals surface area contributed by atoms with E-state index in [1.807, 2.05) is 0 Å². The van der Waals surface area contributed by atoms with Crippen LogP contribution in [0.25, 0.3) is 0 Å². The van der Waals surface area contributed by atoms with Crippen LogP contribution in [0.4, 0.5) is 0 Å². The quantitative estimate of drug-likeness (QED) is 0.0261. The summed E-state index contributed by atoms with van der Waals surface area (Å²) in [5, 5.41) is 0. The Bertz CT molecular complexity index is 1430. The molecule has 0 fully saturated rings. The summed E-state index contributed by atoms with van der Waals surface area (Å²) in [4.78, 5) is 38.4. The highest BCUT2D eigenvalue weighted by atomic mass is 16.6. The van der Waals surface area contributed by atoms with Crippen molar-refractivity contribution in [3.63, 3.8) is 0 Å². The molecule has 80 heavy (non-hydrogen) atoms. The zero-order valence-electron chi connectivity index (χ0n) is 53.6. The van der Waals surface area contributed by atoms with Gasteiger partial charge < -0.3 is 14.2 Å². The van der Waals surface area contributed by atoms with E-state index in [1.54, 1.807) is 0 Å². The Kier molecular flexibility index (Phi) is 66.1. The summed E-state index contributed by atoms with van der Waals surface area (Å²) >= 11 is 0. The van der Waals surface area contributed by atoms with E-state index in [1.165, 1.54) is 244 Å². The Balaban J connectivity index is 4.12. The first kappa shape index (κ1) is 77.1. The van der Waals surface area contributed by atoms with Crippen LogP contribution in [0.3, 0.4) is 0 Å². The molecule has 0 aliphatic rings. The van der Waals surface area contributed by atoms with Gasteiger partial charge in [0, 0.05) is 19.3 Å².